The maximum atomic E-state index is 11.9. The van der Waals surface area contributed by atoms with Crippen LogP contribution in [0.3, 0.4) is 0 Å². The van der Waals surface area contributed by atoms with Crippen LogP contribution in [0.1, 0.15) is 34.6 Å². The minimum atomic E-state index is -0.470. The van der Waals surface area contributed by atoms with Crippen molar-refractivity contribution in [3.8, 4) is 28.6 Å². The first kappa shape index (κ1) is 25.2. The van der Waals surface area contributed by atoms with Gasteiger partial charge in [-0.2, -0.15) is 5.26 Å². The third kappa shape index (κ3) is 5.25. The summed E-state index contributed by atoms with van der Waals surface area (Å²) in [4.78, 5) is 27.4. The summed E-state index contributed by atoms with van der Waals surface area (Å²) in [5.74, 6) is 0.413. The molecule has 0 bridgehead atoms. The molecule has 1 saturated heterocycles. The molecule has 1 aliphatic rings. The van der Waals surface area contributed by atoms with Crippen molar-refractivity contribution < 1.29 is 4.79 Å². The molecule has 40 heavy (non-hydrogen) atoms. The van der Waals surface area contributed by atoms with E-state index in [1.165, 1.54) is 5.56 Å². The number of anilines is 1. The molecule has 5 aromatic rings. The standard InChI is InChI=1S/C31H28N8O/c32-18-27-34-15-12-26(36-27)35-25-13-16-38(17-14-25)19-21-6-8-22(9-7-21)29-30(23-4-2-1-3-5-23)39-20-24(31(33)40)10-11-28(39)37-29/h1-12,15,20,25H,13-14,16-17,19H2,(H2,33,40)(H,34,35,36). The highest BCUT2D eigenvalue weighted by atomic mass is 16.1. The van der Waals surface area contributed by atoms with E-state index >= 15 is 0 Å². The van der Waals surface area contributed by atoms with Gasteiger partial charge in [-0.1, -0.05) is 54.6 Å². The van der Waals surface area contributed by atoms with E-state index in [4.69, 9.17) is 16.0 Å². The first-order valence-corrected chi connectivity index (χ1v) is 13.3. The third-order valence-electron chi connectivity index (χ3n) is 7.28. The van der Waals surface area contributed by atoms with Crippen LogP contribution in [0.2, 0.25) is 0 Å². The molecule has 0 unspecified atom stereocenters. The molecule has 9 heteroatoms. The fourth-order valence-corrected chi connectivity index (χ4v) is 5.23. The first-order valence-electron chi connectivity index (χ1n) is 13.3. The number of pyridine rings is 1. The van der Waals surface area contributed by atoms with Crippen molar-refractivity contribution in [1.82, 2.24) is 24.3 Å². The van der Waals surface area contributed by atoms with Gasteiger partial charge in [0.15, 0.2) is 0 Å². The van der Waals surface area contributed by atoms with Gasteiger partial charge in [0.1, 0.15) is 17.5 Å². The van der Waals surface area contributed by atoms with Gasteiger partial charge in [0.25, 0.3) is 0 Å². The Morgan fingerprint density at radius 2 is 1.75 bits per heavy atom. The Balaban J connectivity index is 1.17. The lowest BCUT2D eigenvalue weighted by Gasteiger charge is -2.32. The van der Waals surface area contributed by atoms with Crippen LogP contribution in [-0.4, -0.2) is 49.3 Å². The Labute approximate surface area is 231 Å². The second-order valence-electron chi connectivity index (χ2n) is 9.95. The van der Waals surface area contributed by atoms with Crippen LogP contribution >= 0.6 is 0 Å². The molecule has 0 radical (unpaired) electrons. The van der Waals surface area contributed by atoms with Gasteiger partial charge in [-0.25, -0.2) is 15.0 Å². The lowest BCUT2D eigenvalue weighted by Crippen LogP contribution is -2.38. The van der Waals surface area contributed by atoms with Crippen LogP contribution in [0.15, 0.2) is 85.2 Å². The Hall–Kier alpha value is -5.07. The summed E-state index contributed by atoms with van der Waals surface area (Å²) in [7, 11) is 0. The fraction of sp³-hybridized carbons (Fsp3) is 0.194. The number of nitrogens with zero attached hydrogens (tertiary/aromatic N) is 6. The number of benzene rings is 2. The normalized spacial score (nSPS) is 14.2. The highest BCUT2D eigenvalue weighted by Crippen LogP contribution is 2.33. The number of piperidine rings is 1. The molecule has 1 fully saturated rings. The summed E-state index contributed by atoms with van der Waals surface area (Å²) in [5.41, 5.74) is 11.8. The van der Waals surface area contributed by atoms with Crippen molar-refractivity contribution in [3.63, 3.8) is 0 Å². The number of amides is 1. The summed E-state index contributed by atoms with van der Waals surface area (Å²) in [6.07, 6.45) is 5.37. The molecule has 4 heterocycles. The number of nitriles is 1. The van der Waals surface area contributed by atoms with Crippen LogP contribution in [0.5, 0.6) is 0 Å². The number of rotatable bonds is 7. The predicted octanol–water partition coefficient (Wildman–Crippen LogP) is 4.51. The van der Waals surface area contributed by atoms with Crippen LogP contribution in [0.4, 0.5) is 5.82 Å². The second-order valence-corrected chi connectivity index (χ2v) is 9.95. The number of nitrogens with two attached hydrogens (primary N) is 1. The lowest BCUT2D eigenvalue weighted by molar-refractivity contribution is 0.1000. The van der Waals surface area contributed by atoms with Gasteiger partial charge in [0, 0.05) is 49.2 Å². The van der Waals surface area contributed by atoms with Crippen molar-refractivity contribution in [2.45, 2.75) is 25.4 Å². The van der Waals surface area contributed by atoms with Crippen LogP contribution in [-0.2, 0) is 6.54 Å². The summed E-state index contributed by atoms with van der Waals surface area (Å²) in [6, 6.07) is 26.3. The summed E-state index contributed by atoms with van der Waals surface area (Å²) >= 11 is 0. The Morgan fingerprint density at radius 1 is 0.975 bits per heavy atom. The van der Waals surface area contributed by atoms with Gasteiger partial charge in [-0.05, 0) is 36.6 Å². The predicted molar refractivity (Wildman–Crippen MR) is 153 cm³/mol. The van der Waals surface area contributed by atoms with E-state index in [0.717, 1.165) is 60.6 Å². The van der Waals surface area contributed by atoms with Crippen LogP contribution in [0.25, 0.3) is 28.2 Å². The largest absolute Gasteiger partial charge is 0.367 e. The molecular formula is C31H28N8O. The Bertz CT molecular complexity index is 1700. The molecule has 0 atom stereocenters. The number of aromatic nitrogens is 4. The molecule has 1 amide bonds. The highest BCUT2D eigenvalue weighted by molar-refractivity contribution is 5.93. The molecule has 3 aromatic heterocycles. The topological polar surface area (TPSA) is 125 Å². The molecule has 6 rings (SSSR count). The maximum absolute atomic E-state index is 11.9. The zero-order valence-corrected chi connectivity index (χ0v) is 21.9. The van der Waals surface area contributed by atoms with Crippen LogP contribution < -0.4 is 11.1 Å². The van der Waals surface area contributed by atoms with Gasteiger partial charge in [0.05, 0.1) is 17.0 Å². The number of hydrogen-bond donors (Lipinski definition) is 2. The number of carbonyl (C=O) groups is 1. The number of imidazole rings is 1. The highest BCUT2D eigenvalue weighted by Gasteiger charge is 2.21. The number of primary amides is 1. The van der Waals surface area contributed by atoms with E-state index < -0.39 is 5.91 Å². The van der Waals surface area contributed by atoms with Gasteiger partial charge in [-0.15, -0.1) is 0 Å². The minimum Gasteiger partial charge on any atom is -0.367 e. The van der Waals surface area contributed by atoms with Crippen molar-refractivity contribution in [2.75, 3.05) is 18.4 Å². The molecule has 0 aliphatic carbocycles. The second kappa shape index (κ2) is 11.0. The van der Waals surface area contributed by atoms with Gasteiger partial charge >= 0.3 is 0 Å². The summed E-state index contributed by atoms with van der Waals surface area (Å²) in [6.45, 7) is 2.82. The molecule has 1 aliphatic heterocycles. The molecule has 9 nitrogen and oxygen atoms in total. The zero-order valence-electron chi connectivity index (χ0n) is 21.9. The Morgan fingerprint density at radius 3 is 2.48 bits per heavy atom. The Kier molecular flexibility index (Phi) is 6.91. The van der Waals surface area contributed by atoms with E-state index in [0.29, 0.717) is 17.4 Å². The number of likely N-dealkylation sites (tertiary alicyclic amines) is 1. The quantitative estimate of drug-likeness (QED) is 0.318. The lowest BCUT2D eigenvalue weighted by atomic mass is 10.0. The summed E-state index contributed by atoms with van der Waals surface area (Å²) in [5, 5.41) is 12.5. The van der Waals surface area contributed by atoms with Gasteiger partial charge in [0.2, 0.25) is 11.7 Å². The van der Waals surface area contributed by atoms with E-state index in [1.807, 2.05) is 46.9 Å². The molecule has 0 spiro atoms. The van der Waals surface area contributed by atoms with Crippen molar-refractivity contribution in [3.05, 3.63) is 102 Å². The van der Waals surface area contributed by atoms with Crippen LogP contribution in [0, 0.1) is 11.3 Å². The average molecular weight is 529 g/mol. The maximum Gasteiger partial charge on any atom is 0.250 e. The zero-order chi connectivity index (χ0) is 27.5. The monoisotopic (exact) mass is 528 g/mol. The molecule has 198 valence electrons. The van der Waals surface area contributed by atoms with Gasteiger partial charge < -0.3 is 11.1 Å². The van der Waals surface area contributed by atoms with E-state index in [9.17, 15) is 4.79 Å². The van der Waals surface area contributed by atoms with Crippen molar-refractivity contribution in [1.29, 1.82) is 5.26 Å². The minimum absolute atomic E-state index is 0.181. The molecule has 0 saturated carbocycles. The first-order chi connectivity index (χ1) is 19.6. The van der Waals surface area contributed by atoms with E-state index in [-0.39, 0.29) is 5.82 Å². The summed E-state index contributed by atoms with van der Waals surface area (Å²) < 4.78 is 1.94. The number of hydrogen-bond acceptors (Lipinski definition) is 7. The third-order valence-corrected chi connectivity index (χ3v) is 7.28. The molecule has 2 aromatic carbocycles. The smallest absolute Gasteiger partial charge is 0.250 e. The van der Waals surface area contributed by atoms with Crippen molar-refractivity contribution >= 4 is 17.4 Å². The molecule has 3 N–H and O–H groups in total. The van der Waals surface area contributed by atoms with Gasteiger partial charge in [-0.3, -0.25) is 14.1 Å². The van der Waals surface area contributed by atoms with E-state index in [2.05, 4.69) is 44.5 Å². The van der Waals surface area contributed by atoms with Crippen molar-refractivity contribution in [2.24, 2.45) is 5.73 Å². The fourth-order valence-electron chi connectivity index (χ4n) is 5.23. The van der Waals surface area contributed by atoms with E-state index in [1.54, 1.807) is 24.5 Å². The number of fused-ring (bicyclic) bond motifs is 1. The SMILES string of the molecule is N#Cc1nccc(NC2CCN(Cc3ccc(-c4nc5ccc(C(N)=O)cn5c4-c4ccccc4)cc3)CC2)n1. The molecular weight excluding hydrogens is 500 g/mol. The number of carbonyl (C=O) groups excluding carboxylic acids is 1. The number of nitrogens with one attached hydrogen (secondary N) is 1. The average Bonchev–Trinajstić information content (AvgIpc) is 3.38.